The Hall–Kier alpha value is -3.05. The lowest BCUT2D eigenvalue weighted by Gasteiger charge is -2.09. The highest BCUT2D eigenvalue weighted by Gasteiger charge is 2.17. The number of nitrogens with zero attached hydrogens (tertiary/aromatic N) is 1. The van der Waals surface area contributed by atoms with Crippen LogP contribution in [-0.2, 0) is 6.42 Å². The number of aromatic nitrogens is 1. The molecule has 0 saturated carbocycles. The molecule has 0 aliphatic heterocycles. The average Bonchev–Trinajstić information content (AvgIpc) is 3.26. The summed E-state index contributed by atoms with van der Waals surface area (Å²) in [4.78, 5) is 4.62. The van der Waals surface area contributed by atoms with Crippen molar-refractivity contribution in [3.63, 3.8) is 0 Å². The Morgan fingerprint density at radius 2 is 1.85 bits per heavy atom. The quantitative estimate of drug-likeness (QED) is 0.388. The largest absolute Gasteiger partial charge is 0.494 e. The lowest BCUT2D eigenvalue weighted by molar-refractivity contribution is 0.341. The summed E-state index contributed by atoms with van der Waals surface area (Å²) < 4.78 is 6.67. The third-order valence-electron chi connectivity index (χ3n) is 4.78. The van der Waals surface area contributed by atoms with E-state index in [0.29, 0.717) is 6.61 Å². The molecule has 1 aliphatic rings. The minimum Gasteiger partial charge on any atom is -0.494 e. The number of thiazole rings is 1. The van der Waals surface area contributed by atoms with E-state index in [1.54, 1.807) is 11.3 Å². The maximum Gasteiger partial charge on any atom is 0.202 e. The topological polar surface area (TPSA) is 46.2 Å². The Bertz CT molecular complexity index is 1140. The second-order valence-electron chi connectivity index (χ2n) is 6.54. The highest BCUT2D eigenvalue weighted by atomic mass is 32.1. The van der Waals surface area contributed by atoms with Gasteiger partial charge in [0, 0.05) is 0 Å². The lowest BCUT2D eigenvalue weighted by atomic mass is 10.1. The highest BCUT2D eigenvalue weighted by molar-refractivity contribution is 7.22. The van der Waals surface area contributed by atoms with E-state index in [9.17, 15) is 0 Å². The number of fused-ring (bicyclic) bond motifs is 4. The molecule has 1 heterocycles. The number of hydrogen-bond acceptors (Lipinski definition) is 5. The molecule has 1 aromatic heterocycles. The van der Waals surface area contributed by atoms with E-state index in [-0.39, 0.29) is 0 Å². The minimum atomic E-state index is 0.666. The summed E-state index contributed by atoms with van der Waals surface area (Å²) in [5.41, 5.74) is 14.0. The predicted molar refractivity (Wildman–Crippen MR) is 113 cm³/mol. The molecule has 27 heavy (non-hydrogen) atoms. The normalized spacial score (nSPS) is 11.9. The van der Waals surface area contributed by atoms with Crippen molar-refractivity contribution < 1.29 is 4.74 Å². The summed E-state index contributed by atoms with van der Waals surface area (Å²) in [5, 5.41) is 0.836. The van der Waals surface area contributed by atoms with Crippen molar-refractivity contribution >= 4 is 32.4 Å². The summed E-state index contributed by atoms with van der Waals surface area (Å²) in [6.07, 6.45) is 0.988. The molecule has 0 amide bonds. The van der Waals surface area contributed by atoms with Crippen molar-refractivity contribution in [1.82, 2.24) is 4.98 Å². The zero-order valence-corrected chi connectivity index (χ0v) is 15.8. The van der Waals surface area contributed by atoms with Crippen molar-refractivity contribution in [3.05, 3.63) is 71.8 Å². The molecule has 4 aromatic rings. The molecular weight excluding hydrogens is 354 g/mol. The van der Waals surface area contributed by atoms with Gasteiger partial charge in [0.05, 0.1) is 22.5 Å². The molecule has 0 spiro atoms. The molecule has 2 N–H and O–H groups in total. The van der Waals surface area contributed by atoms with Crippen molar-refractivity contribution in [2.24, 2.45) is 0 Å². The van der Waals surface area contributed by atoms with Crippen molar-refractivity contribution in [3.8, 4) is 16.9 Å². The number of hydrazine groups is 1. The van der Waals surface area contributed by atoms with Gasteiger partial charge in [0.25, 0.3) is 0 Å². The Labute approximate surface area is 161 Å². The molecule has 0 radical (unpaired) electrons. The predicted octanol–water partition coefficient (Wildman–Crippen LogP) is 5.71. The van der Waals surface area contributed by atoms with E-state index < -0.39 is 0 Å². The molecule has 4 nitrogen and oxygen atoms in total. The zero-order chi connectivity index (χ0) is 18.2. The van der Waals surface area contributed by atoms with Gasteiger partial charge in [0.2, 0.25) is 5.13 Å². The van der Waals surface area contributed by atoms with Gasteiger partial charge in [-0.2, -0.15) is 0 Å². The van der Waals surface area contributed by atoms with Crippen molar-refractivity contribution in [2.45, 2.75) is 13.3 Å². The van der Waals surface area contributed by atoms with Crippen LogP contribution in [-0.4, -0.2) is 11.6 Å². The van der Waals surface area contributed by atoms with E-state index in [1.165, 1.54) is 22.3 Å². The van der Waals surface area contributed by atoms with Gasteiger partial charge in [-0.05, 0) is 65.9 Å². The lowest BCUT2D eigenvalue weighted by Crippen LogP contribution is -2.08. The van der Waals surface area contributed by atoms with Gasteiger partial charge < -0.3 is 4.74 Å². The number of nitrogens with one attached hydrogen (secondary N) is 2. The summed E-state index contributed by atoms with van der Waals surface area (Å²) >= 11 is 1.61. The Morgan fingerprint density at radius 1 is 0.963 bits per heavy atom. The van der Waals surface area contributed by atoms with Crippen LogP contribution in [0.5, 0.6) is 5.75 Å². The van der Waals surface area contributed by atoms with Gasteiger partial charge >= 0.3 is 0 Å². The maximum atomic E-state index is 5.56. The van der Waals surface area contributed by atoms with Crippen LogP contribution in [0.3, 0.4) is 0 Å². The van der Waals surface area contributed by atoms with E-state index in [4.69, 9.17) is 4.74 Å². The number of benzene rings is 3. The van der Waals surface area contributed by atoms with E-state index in [1.807, 2.05) is 25.1 Å². The average molecular weight is 373 g/mol. The van der Waals surface area contributed by atoms with Crippen LogP contribution in [0.15, 0.2) is 60.7 Å². The van der Waals surface area contributed by atoms with Crippen LogP contribution in [0.2, 0.25) is 0 Å². The fourth-order valence-corrected chi connectivity index (χ4v) is 4.41. The third kappa shape index (κ3) is 3.00. The molecule has 0 atom stereocenters. The Balaban J connectivity index is 1.33. The minimum absolute atomic E-state index is 0.666. The number of hydrogen-bond donors (Lipinski definition) is 2. The fraction of sp³-hybridized carbons (Fsp3) is 0.136. The van der Waals surface area contributed by atoms with Crippen molar-refractivity contribution in [1.29, 1.82) is 0 Å². The zero-order valence-electron chi connectivity index (χ0n) is 15.0. The molecule has 5 heteroatoms. The van der Waals surface area contributed by atoms with Crippen LogP contribution >= 0.6 is 11.3 Å². The first-order chi connectivity index (χ1) is 13.3. The Kier molecular flexibility index (Phi) is 3.94. The molecule has 5 rings (SSSR count). The standard InChI is InChI=1S/C22H19N3OS/c1-2-26-17-8-10-20-21(13-17)27-22(23-20)25-24-16-7-9-19-15(12-16)11-14-5-3-4-6-18(14)19/h3-10,12-13,24H,2,11H2,1H3,(H,23,25). The summed E-state index contributed by atoms with van der Waals surface area (Å²) in [7, 11) is 0. The molecule has 3 aromatic carbocycles. The second kappa shape index (κ2) is 6.59. The van der Waals surface area contributed by atoms with Crippen molar-refractivity contribution in [2.75, 3.05) is 17.5 Å². The van der Waals surface area contributed by atoms with Crippen LogP contribution in [0.4, 0.5) is 10.8 Å². The van der Waals surface area contributed by atoms with Gasteiger partial charge in [-0.3, -0.25) is 10.9 Å². The third-order valence-corrected chi connectivity index (χ3v) is 5.71. The number of anilines is 2. The smallest absolute Gasteiger partial charge is 0.202 e. The molecule has 0 unspecified atom stereocenters. The van der Waals surface area contributed by atoms with Crippen LogP contribution in [0.25, 0.3) is 21.3 Å². The van der Waals surface area contributed by atoms with Crippen LogP contribution in [0.1, 0.15) is 18.1 Å². The monoisotopic (exact) mass is 373 g/mol. The number of rotatable bonds is 5. The molecule has 0 bridgehead atoms. The first-order valence-corrected chi connectivity index (χ1v) is 9.88. The van der Waals surface area contributed by atoms with Crippen LogP contribution < -0.4 is 15.6 Å². The van der Waals surface area contributed by atoms with E-state index in [0.717, 1.165) is 33.2 Å². The van der Waals surface area contributed by atoms with Gasteiger partial charge in [-0.25, -0.2) is 4.98 Å². The van der Waals surface area contributed by atoms with Gasteiger partial charge in [0.1, 0.15) is 5.75 Å². The first-order valence-electron chi connectivity index (χ1n) is 9.07. The molecular formula is C22H19N3OS. The van der Waals surface area contributed by atoms with E-state index >= 15 is 0 Å². The molecule has 0 fully saturated rings. The van der Waals surface area contributed by atoms with Crippen LogP contribution in [0, 0.1) is 0 Å². The van der Waals surface area contributed by atoms with Gasteiger partial charge in [-0.1, -0.05) is 41.7 Å². The Morgan fingerprint density at radius 3 is 2.78 bits per heavy atom. The summed E-state index contributed by atoms with van der Waals surface area (Å²) in [5.74, 6) is 0.881. The second-order valence-corrected chi connectivity index (χ2v) is 7.57. The molecule has 0 saturated heterocycles. The number of ether oxygens (including phenoxy) is 1. The highest BCUT2D eigenvalue weighted by Crippen LogP contribution is 2.37. The summed E-state index contributed by atoms with van der Waals surface area (Å²) in [6.45, 7) is 2.65. The summed E-state index contributed by atoms with van der Waals surface area (Å²) in [6, 6.07) is 21.1. The first kappa shape index (κ1) is 16.1. The van der Waals surface area contributed by atoms with E-state index in [2.05, 4.69) is 58.3 Å². The maximum absolute atomic E-state index is 5.56. The van der Waals surface area contributed by atoms with Gasteiger partial charge in [0.15, 0.2) is 0 Å². The molecule has 134 valence electrons. The SMILES string of the molecule is CCOc1ccc2nc(NNc3ccc4c(c3)Cc3ccccc3-4)sc2c1. The fourth-order valence-electron chi connectivity index (χ4n) is 3.56. The van der Waals surface area contributed by atoms with Gasteiger partial charge in [-0.15, -0.1) is 0 Å². The molecule has 1 aliphatic carbocycles.